The van der Waals surface area contributed by atoms with Crippen molar-refractivity contribution in [3.8, 4) is 17.0 Å². The Labute approximate surface area is 202 Å². The Morgan fingerprint density at radius 2 is 1.74 bits per heavy atom. The summed E-state index contributed by atoms with van der Waals surface area (Å²) in [5.74, 6) is 1.53. The highest BCUT2D eigenvalue weighted by atomic mass is 16.5. The van der Waals surface area contributed by atoms with Crippen molar-refractivity contribution < 1.29 is 14.3 Å². The zero-order chi connectivity index (χ0) is 24.7. The molecule has 2 amide bonds. The lowest BCUT2D eigenvalue weighted by Gasteiger charge is -2.32. The van der Waals surface area contributed by atoms with Gasteiger partial charge in [-0.2, -0.15) is 0 Å². The van der Waals surface area contributed by atoms with E-state index in [1.165, 1.54) is 0 Å². The van der Waals surface area contributed by atoms with E-state index in [-0.39, 0.29) is 30.3 Å². The fourth-order valence-electron chi connectivity index (χ4n) is 4.05. The van der Waals surface area contributed by atoms with E-state index < -0.39 is 0 Å². The smallest absolute Gasteiger partial charge is 0.242 e. The minimum atomic E-state index is -0.124. The molecular weight excluding hydrogens is 430 g/mol. The Bertz CT molecular complexity index is 946. The molecule has 1 atom stereocenters. The van der Waals surface area contributed by atoms with Gasteiger partial charge in [-0.25, -0.2) is 0 Å². The second-order valence-corrected chi connectivity index (χ2v) is 9.10. The summed E-state index contributed by atoms with van der Waals surface area (Å²) in [4.78, 5) is 31.5. The third-order valence-corrected chi connectivity index (χ3v) is 6.41. The first-order valence-electron chi connectivity index (χ1n) is 12.1. The number of ether oxygens (including phenoxy) is 1. The minimum Gasteiger partial charge on any atom is -0.497 e. The maximum Gasteiger partial charge on any atom is 0.242 e. The summed E-state index contributed by atoms with van der Waals surface area (Å²) in [7, 11) is 1.65. The number of nitrogens with zero attached hydrogens (tertiary/aromatic N) is 5. The van der Waals surface area contributed by atoms with Crippen LogP contribution in [0, 0.1) is 5.92 Å². The third-order valence-electron chi connectivity index (χ3n) is 6.41. The van der Waals surface area contributed by atoms with Crippen molar-refractivity contribution in [3.63, 3.8) is 0 Å². The highest BCUT2D eigenvalue weighted by Crippen LogP contribution is 2.22. The number of hydrogen-bond acceptors (Lipinski definition) is 6. The molecule has 3 rings (SSSR count). The lowest BCUT2D eigenvalue weighted by molar-refractivity contribution is -0.144. The number of rotatable bonds is 8. The number of carbonyl (C=O) groups excluding carboxylic acids is 2. The van der Waals surface area contributed by atoms with Gasteiger partial charge in [0, 0.05) is 43.7 Å². The number of benzene rings is 1. The molecule has 184 valence electrons. The molecule has 8 nitrogen and oxygen atoms in total. The maximum absolute atomic E-state index is 13.1. The van der Waals surface area contributed by atoms with E-state index in [0.29, 0.717) is 19.6 Å². The fourth-order valence-corrected chi connectivity index (χ4v) is 4.05. The monoisotopic (exact) mass is 467 g/mol. The summed E-state index contributed by atoms with van der Waals surface area (Å²) in [5, 5.41) is 8.86. The SMILES string of the molecule is CC[C@@H](C)N(CC(=O)N1CCCN(c2ccc(-c3ccc(OC)cc3)nn2)CC1)C(=O)C(C)C. The van der Waals surface area contributed by atoms with Gasteiger partial charge in [0.2, 0.25) is 11.8 Å². The summed E-state index contributed by atoms with van der Waals surface area (Å²) in [6.07, 6.45) is 1.67. The Kier molecular flexibility index (Phi) is 8.85. The van der Waals surface area contributed by atoms with Gasteiger partial charge in [-0.15, -0.1) is 10.2 Å². The van der Waals surface area contributed by atoms with E-state index in [2.05, 4.69) is 15.1 Å². The molecule has 0 N–H and O–H groups in total. The van der Waals surface area contributed by atoms with Crippen LogP contribution < -0.4 is 9.64 Å². The largest absolute Gasteiger partial charge is 0.497 e. The highest BCUT2D eigenvalue weighted by molar-refractivity contribution is 5.86. The minimum absolute atomic E-state index is 0.0112. The van der Waals surface area contributed by atoms with Crippen LogP contribution in [0.4, 0.5) is 5.82 Å². The van der Waals surface area contributed by atoms with Crippen molar-refractivity contribution in [2.45, 2.75) is 46.6 Å². The first kappa shape index (κ1) is 25.5. The van der Waals surface area contributed by atoms with E-state index in [4.69, 9.17) is 4.74 Å². The molecule has 1 aliphatic rings. The first-order valence-corrected chi connectivity index (χ1v) is 12.1. The van der Waals surface area contributed by atoms with Gasteiger partial charge >= 0.3 is 0 Å². The van der Waals surface area contributed by atoms with Crippen molar-refractivity contribution in [2.24, 2.45) is 5.92 Å². The van der Waals surface area contributed by atoms with E-state index in [1.807, 2.05) is 69.0 Å². The molecule has 1 aliphatic heterocycles. The second-order valence-electron chi connectivity index (χ2n) is 9.10. The number of amides is 2. The molecule has 2 heterocycles. The molecule has 34 heavy (non-hydrogen) atoms. The van der Waals surface area contributed by atoms with Gasteiger partial charge in [0.25, 0.3) is 0 Å². The van der Waals surface area contributed by atoms with Gasteiger partial charge in [-0.05, 0) is 56.2 Å². The topological polar surface area (TPSA) is 78.9 Å². The van der Waals surface area contributed by atoms with E-state index >= 15 is 0 Å². The molecule has 0 unspecified atom stereocenters. The van der Waals surface area contributed by atoms with Gasteiger partial charge in [-0.3, -0.25) is 9.59 Å². The zero-order valence-electron chi connectivity index (χ0n) is 21.0. The van der Waals surface area contributed by atoms with Crippen LogP contribution in [-0.2, 0) is 9.59 Å². The quantitative estimate of drug-likeness (QED) is 0.592. The summed E-state index contributed by atoms with van der Waals surface area (Å²) < 4.78 is 5.21. The van der Waals surface area contributed by atoms with E-state index in [0.717, 1.165) is 42.2 Å². The van der Waals surface area contributed by atoms with Crippen LogP contribution in [0.15, 0.2) is 36.4 Å². The molecule has 1 saturated heterocycles. The van der Waals surface area contributed by atoms with Crippen molar-refractivity contribution >= 4 is 17.6 Å². The molecule has 2 aromatic rings. The lowest BCUT2D eigenvalue weighted by atomic mass is 10.1. The van der Waals surface area contributed by atoms with Gasteiger partial charge < -0.3 is 19.4 Å². The van der Waals surface area contributed by atoms with Crippen LogP contribution in [0.25, 0.3) is 11.3 Å². The number of aromatic nitrogens is 2. The second kappa shape index (κ2) is 11.8. The van der Waals surface area contributed by atoms with E-state index in [9.17, 15) is 9.59 Å². The van der Waals surface area contributed by atoms with Crippen molar-refractivity contribution in [1.29, 1.82) is 0 Å². The molecule has 0 radical (unpaired) electrons. The molecule has 0 bridgehead atoms. The molecule has 1 fully saturated rings. The van der Waals surface area contributed by atoms with Gasteiger partial charge in [0.05, 0.1) is 19.3 Å². The number of carbonyl (C=O) groups is 2. The average Bonchev–Trinajstić information content (AvgIpc) is 3.13. The van der Waals surface area contributed by atoms with Crippen LogP contribution >= 0.6 is 0 Å². The standard InChI is InChI=1S/C26H37N5O3/c1-6-20(4)31(26(33)19(2)3)18-25(32)30-15-7-14-29(16-17-30)24-13-12-23(27-28-24)21-8-10-22(34-5)11-9-21/h8-13,19-20H,6-7,14-18H2,1-5H3/t20-/m1/s1. The van der Waals surface area contributed by atoms with Gasteiger partial charge in [-0.1, -0.05) is 20.8 Å². The van der Waals surface area contributed by atoms with Crippen LogP contribution in [0.5, 0.6) is 5.75 Å². The number of methoxy groups -OCH3 is 1. The van der Waals surface area contributed by atoms with Crippen LogP contribution in [-0.4, -0.2) is 77.7 Å². The fraction of sp³-hybridized carbons (Fsp3) is 0.538. The molecule has 0 saturated carbocycles. The summed E-state index contributed by atoms with van der Waals surface area (Å²) in [6.45, 7) is 10.7. The van der Waals surface area contributed by atoms with Crippen LogP contribution in [0.1, 0.15) is 40.5 Å². The Hall–Kier alpha value is -3.16. The molecule has 1 aromatic heterocycles. The number of hydrogen-bond donors (Lipinski definition) is 0. The Morgan fingerprint density at radius 1 is 1.00 bits per heavy atom. The third kappa shape index (κ3) is 6.24. The zero-order valence-corrected chi connectivity index (χ0v) is 21.0. The van der Waals surface area contributed by atoms with Crippen molar-refractivity contribution in [1.82, 2.24) is 20.0 Å². The maximum atomic E-state index is 13.1. The van der Waals surface area contributed by atoms with Crippen LogP contribution in [0.3, 0.4) is 0 Å². The van der Waals surface area contributed by atoms with Crippen molar-refractivity contribution in [2.75, 3.05) is 44.7 Å². The predicted octanol–water partition coefficient (Wildman–Crippen LogP) is 3.47. The Morgan fingerprint density at radius 3 is 2.32 bits per heavy atom. The van der Waals surface area contributed by atoms with Crippen LogP contribution in [0.2, 0.25) is 0 Å². The summed E-state index contributed by atoms with van der Waals surface area (Å²) >= 11 is 0. The summed E-state index contributed by atoms with van der Waals surface area (Å²) in [5.41, 5.74) is 1.78. The highest BCUT2D eigenvalue weighted by Gasteiger charge is 2.27. The Balaban J connectivity index is 1.61. The summed E-state index contributed by atoms with van der Waals surface area (Å²) in [6, 6.07) is 11.7. The molecule has 0 aliphatic carbocycles. The average molecular weight is 468 g/mol. The van der Waals surface area contributed by atoms with Gasteiger partial charge in [0.1, 0.15) is 5.75 Å². The van der Waals surface area contributed by atoms with Crippen molar-refractivity contribution in [3.05, 3.63) is 36.4 Å². The molecule has 8 heteroatoms. The van der Waals surface area contributed by atoms with E-state index in [1.54, 1.807) is 12.0 Å². The predicted molar refractivity (Wildman–Crippen MR) is 134 cm³/mol. The lowest BCUT2D eigenvalue weighted by Crippen LogP contribution is -2.48. The normalized spacial score (nSPS) is 15.1. The molecular formula is C26H37N5O3. The first-order chi connectivity index (χ1) is 16.3. The number of anilines is 1. The molecule has 0 spiro atoms. The molecule has 1 aromatic carbocycles. The van der Waals surface area contributed by atoms with Gasteiger partial charge in [0.15, 0.2) is 5.82 Å².